The SMILES string of the molecule is CCCCCCCC/C=C\CCCCCCCC(=O)NCC1CCC(C(=O)O)CC1. The maximum absolute atomic E-state index is 12.0. The van der Waals surface area contributed by atoms with E-state index < -0.39 is 5.97 Å². The first-order valence-corrected chi connectivity index (χ1v) is 12.8. The van der Waals surface area contributed by atoms with E-state index in [0.717, 1.165) is 45.1 Å². The van der Waals surface area contributed by atoms with Gasteiger partial charge in [0.1, 0.15) is 0 Å². The Morgan fingerprint density at radius 3 is 1.90 bits per heavy atom. The molecule has 0 atom stereocenters. The molecule has 1 fully saturated rings. The van der Waals surface area contributed by atoms with Crippen LogP contribution in [0.3, 0.4) is 0 Å². The molecule has 4 nitrogen and oxygen atoms in total. The zero-order chi connectivity index (χ0) is 21.9. The van der Waals surface area contributed by atoms with Crippen LogP contribution in [0.25, 0.3) is 0 Å². The number of carbonyl (C=O) groups excluding carboxylic acids is 1. The van der Waals surface area contributed by atoms with Crippen LogP contribution in [0, 0.1) is 11.8 Å². The van der Waals surface area contributed by atoms with Crippen LogP contribution in [0.1, 0.15) is 122 Å². The Morgan fingerprint density at radius 1 is 0.800 bits per heavy atom. The van der Waals surface area contributed by atoms with Gasteiger partial charge in [-0.15, -0.1) is 0 Å². The predicted octanol–water partition coefficient (Wildman–Crippen LogP) is 7.03. The number of unbranched alkanes of at least 4 members (excludes halogenated alkanes) is 11. The van der Waals surface area contributed by atoms with Crippen molar-refractivity contribution in [3.05, 3.63) is 12.2 Å². The molecule has 1 aliphatic rings. The highest BCUT2D eigenvalue weighted by Crippen LogP contribution is 2.28. The maximum atomic E-state index is 12.0. The van der Waals surface area contributed by atoms with E-state index in [1.54, 1.807) is 0 Å². The highest BCUT2D eigenvalue weighted by atomic mass is 16.4. The molecule has 0 radical (unpaired) electrons. The average molecular weight is 422 g/mol. The van der Waals surface area contributed by atoms with E-state index in [1.165, 1.54) is 70.6 Å². The second kappa shape index (κ2) is 18.4. The lowest BCUT2D eigenvalue weighted by Gasteiger charge is -2.26. The van der Waals surface area contributed by atoms with Gasteiger partial charge in [-0.3, -0.25) is 9.59 Å². The Kier molecular flexibility index (Phi) is 16.4. The Bertz CT molecular complexity index is 467. The first-order valence-electron chi connectivity index (χ1n) is 12.8. The van der Waals surface area contributed by atoms with Crippen molar-refractivity contribution < 1.29 is 14.7 Å². The molecule has 0 heterocycles. The Hall–Kier alpha value is -1.32. The number of allylic oxidation sites excluding steroid dienone is 2. The number of nitrogens with one attached hydrogen (secondary N) is 1. The molecule has 0 unspecified atom stereocenters. The van der Waals surface area contributed by atoms with Crippen LogP contribution < -0.4 is 5.32 Å². The van der Waals surface area contributed by atoms with Gasteiger partial charge in [-0.1, -0.05) is 70.4 Å². The fourth-order valence-electron chi connectivity index (χ4n) is 4.32. The molecule has 0 aromatic rings. The molecule has 4 heteroatoms. The minimum atomic E-state index is -0.665. The van der Waals surface area contributed by atoms with Gasteiger partial charge in [0, 0.05) is 13.0 Å². The van der Waals surface area contributed by atoms with E-state index >= 15 is 0 Å². The number of carbonyl (C=O) groups is 2. The molecule has 30 heavy (non-hydrogen) atoms. The van der Waals surface area contributed by atoms with Crippen LogP contribution in [0.2, 0.25) is 0 Å². The van der Waals surface area contributed by atoms with Crippen LogP contribution in [-0.4, -0.2) is 23.5 Å². The number of aliphatic carboxylic acids is 1. The van der Waals surface area contributed by atoms with Crippen molar-refractivity contribution in [3.63, 3.8) is 0 Å². The van der Waals surface area contributed by atoms with E-state index in [9.17, 15) is 9.59 Å². The normalized spacial score (nSPS) is 19.2. The number of amides is 1. The van der Waals surface area contributed by atoms with E-state index in [4.69, 9.17) is 5.11 Å². The van der Waals surface area contributed by atoms with Crippen molar-refractivity contribution in [3.8, 4) is 0 Å². The van der Waals surface area contributed by atoms with Crippen LogP contribution in [0.5, 0.6) is 0 Å². The minimum Gasteiger partial charge on any atom is -0.481 e. The summed E-state index contributed by atoms with van der Waals surface area (Å²) >= 11 is 0. The third-order valence-corrected chi connectivity index (χ3v) is 6.45. The molecule has 0 aromatic carbocycles. The van der Waals surface area contributed by atoms with Gasteiger partial charge in [-0.25, -0.2) is 0 Å². The maximum Gasteiger partial charge on any atom is 0.306 e. The average Bonchev–Trinajstić information content (AvgIpc) is 2.75. The standard InChI is InChI=1S/C26H47NO3/c1-2-3-4-5-6-7-8-9-10-11-12-13-14-15-16-17-25(28)27-22-23-18-20-24(21-19-23)26(29)30/h9-10,23-24H,2-8,11-22H2,1H3,(H,27,28)(H,29,30)/b10-9-. The molecule has 0 bridgehead atoms. The van der Waals surface area contributed by atoms with Gasteiger partial charge in [0.2, 0.25) is 5.91 Å². The van der Waals surface area contributed by atoms with E-state index in [2.05, 4.69) is 24.4 Å². The highest BCUT2D eigenvalue weighted by molar-refractivity contribution is 5.75. The molecule has 0 saturated heterocycles. The van der Waals surface area contributed by atoms with Gasteiger partial charge >= 0.3 is 5.97 Å². The second-order valence-electron chi connectivity index (χ2n) is 9.19. The van der Waals surface area contributed by atoms with Crippen LogP contribution in [0.4, 0.5) is 0 Å². The zero-order valence-electron chi connectivity index (χ0n) is 19.5. The van der Waals surface area contributed by atoms with Crippen molar-refractivity contribution in [1.29, 1.82) is 0 Å². The molecule has 1 amide bonds. The number of hydrogen-bond acceptors (Lipinski definition) is 2. The predicted molar refractivity (Wildman–Crippen MR) is 126 cm³/mol. The minimum absolute atomic E-state index is 0.160. The van der Waals surface area contributed by atoms with Crippen molar-refractivity contribution >= 4 is 11.9 Å². The smallest absolute Gasteiger partial charge is 0.306 e. The summed E-state index contributed by atoms with van der Waals surface area (Å²) in [5, 5.41) is 12.1. The summed E-state index contributed by atoms with van der Waals surface area (Å²) in [5.41, 5.74) is 0. The molecular weight excluding hydrogens is 374 g/mol. The van der Waals surface area contributed by atoms with E-state index in [0.29, 0.717) is 12.3 Å². The fraction of sp³-hybridized carbons (Fsp3) is 0.846. The second-order valence-corrected chi connectivity index (χ2v) is 9.19. The largest absolute Gasteiger partial charge is 0.481 e. The Balaban J connectivity index is 1.84. The third-order valence-electron chi connectivity index (χ3n) is 6.45. The first kappa shape index (κ1) is 26.7. The molecule has 174 valence electrons. The summed E-state index contributed by atoms with van der Waals surface area (Å²) in [4.78, 5) is 23.0. The molecule has 1 saturated carbocycles. The summed E-state index contributed by atoms with van der Waals surface area (Å²) in [7, 11) is 0. The fourth-order valence-corrected chi connectivity index (χ4v) is 4.32. The van der Waals surface area contributed by atoms with E-state index in [-0.39, 0.29) is 11.8 Å². The number of hydrogen-bond donors (Lipinski definition) is 2. The first-order chi connectivity index (χ1) is 14.6. The molecule has 0 spiro atoms. The Morgan fingerprint density at radius 2 is 1.33 bits per heavy atom. The van der Waals surface area contributed by atoms with Crippen molar-refractivity contribution in [2.45, 2.75) is 122 Å². The lowest BCUT2D eigenvalue weighted by Crippen LogP contribution is -2.32. The van der Waals surface area contributed by atoms with Crippen molar-refractivity contribution in [2.24, 2.45) is 11.8 Å². The summed E-state index contributed by atoms with van der Waals surface area (Å²) < 4.78 is 0. The number of rotatable bonds is 18. The topological polar surface area (TPSA) is 66.4 Å². The highest BCUT2D eigenvalue weighted by Gasteiger charge is 2.25. The number of carboxylic acid groups (broad SMARTS) is 1. The van der Waals surface area contributed by atoms with Gasteiger partial charge in [-0.2, -0.15) is 0 Å². The van der Waals surface area contributed by atoms with E-state index in [1.807, 2.05) is 0 Å². The van der Waals surface area contributed by atoms with Gasteiger partial charge in [0.25, 0.3) is 0 Å². The van der Waals surface area contributed by atoms with Gasteiger partial charge in [-0.05, 0) is 63.7 Å². The molecular formula is C26H47NO3. The molecule has 0 aromatic heterocycles. The third kappa shape index (κ3) is 14.6. The van der Waals surface area contributed by atoms with Crippen molar-refractivity contribution in [1.82, 2.24) is 5.32 Å². The molecule has 1 rings (SSSR count). The van der Waals surface area contributed by atoms with Crippen LogP contribution in [-0.2, 0) is 9.59 Å². The van der Waals surface area contributed by atoms with Crippen LogP contribution in [0.15, 0.2) is 12.2 Å². The Labute approximate surface area is 185 Å². The van der Waals surface area contributed by atoms with Gasteiger partial charge in [0.15, 0.2) is 0 Å². The van der Waals surface area contributed by atoms with Gasteiger partial charge < -0.3 is 10.4 Å². The quantitative estimate of drug-likeness (QED) is 0.184. The summed E-state index contributed by atoms with van der Waals surface area (Å²) in [6.45, 7) is 2.98. The zero-order valence-corrected chi connectivity index (χ0v) is 19.5. The lowest BCUT2D eigenvalue weighted by molar-refractivity contribution is -0.143. The molecule has 2 N–H and O–H groups in total. The molecule has 0 aliphatic heterocycles. The monoisotopic (exact) mass is 421 g/mol. The summed E-state index contributed by atoms with van der Waals surface area (Å²) in [6.07, 6.45) is 25.2. The van der Waals surface area contributed by atoms with Crippen molar-refractivity contribution in [2.75, 3.05) is 6.54 Å². The summed E-state index contributed by atoms with van der Waals surface area (Å²) in [5.74, 6) is -0.221. The molecule has 1 aliphatic carbocycles. The summed E-state index contributed by atoms with van der Waals surface area (Å²) in [6, 6.07) is 0. The number of carboxylic acids is 1. The lowest BCUT2D eigenvalue weighted by atomic mass is 9.82. The van der Waals surface area contributed by atoms with Crippen LogP contribution >= 0.6 is 0 Å². The van der Waals surface area contributed by atoms with Gasteiger partial charge in [0.05, 0.1) is 5.92 Å².